The standard InChI is InChI=1S/C14H22N4/c15-14-13(6-3-7-16-14)18-10-8-17(9-11-18)12-4-1-2-5-12/h3,6-7,12H,1-2,4-5,8-11H2,(H2,15,16). The monoisotopic (exact) mass is 246 g/mol. The average molecular weight is 246 g/mol. The topological polar surface area (TPSA) is 45.4 Å². The lowest BCUT2D eigenvalue weighted by atomic mass is 10.1. The Morgan fingerprint density at radius 1 is 1.11 bits per heavy atom. The fourth-order valence-corrected chi connectivity index (χ4v) is 3.27. The van der Waals surface area contributed by atoms with Gasteiger partial charge in [0.05, 0.1) is 5.69 Å². The minimum atomic E-state index is 0.659. The van der Waals surface area contributed by atoms with Crippen molar-refractivity contribution in [2.75, 3.05) is 36.8 Å². The quantitative estimate of drug-likeness (QED) is 0.863. The summed E-state index contributed by atoms with van der Waals surface area (Å²) in [5.41, 5.74) is 7.04. The van der Waals surface area contributed by atoms with Gasteiger partial charge < -0.3 is 10.6 Å². The number of nitrogens with two attached hydrogens (primary N) is 1. The van der Waals surface area contributed by atoms with Crippen molar-refractivity contribution in [3.8, 4) is 0 Å². The molecule has 1 aliphatic heterocycles. The molecule has 4 nitrogen and oxygen atoms in total. The molecule has 1 saturated heterocycles. The predicted octanol–water partition coefficient (Wildman–Crippen LogP) is 1.73. The summed E-state index contributed by atoms with van der Waals surface area (Å²) in [6.45, 7) is 4.48. The summed E-state index contributed by atoms with van der Waals surface area (Å²) in [4.78, 5) is 9.20. The van der Waals surface area contributed by atoms with E-state index in [-0.39, 0.29) is 0 Å². The molecular weight excluding hydrogens is 224 g/mol. The first-order chi connectivity index (χ1) is 8.84. The second-order valence-electron chi connectivity index (χ2n) is 5.37. The van der Waals surface area contributed by atoms with Crippen molar-refractivity contribution in [1.82, 2.24) is 9.88 Å². The molecule has 2 N–H and O–H groups in total. The molecule has 0 spiro atoms. The lowest BCUT2D eigenvalue weighted by Crippen LogP contribution is -2.49. The van der Waals surface area contributed by atoms with Gasteiger partial charge in [0.1, 0.15) is 5.82 Å². The number of rotatable bonds is 2. The Hall–Kier alpha value is -1.29. The van der Waals surface area contributed by atoms with Crippen LogP contribution in [-0.2, 0) is 0 Å². The number of nitrogens with zero attached hydrogens (tertiary/aromatic N) is 3. The zero-order chi connectivity index (χ0) is 12.4. The average Bonchev–Trinajstić information content (AvgIpc) is 2.94. The van der Waals surface area contributed by atoms with Crippen LogP contribution in [0.5, 0.6) is 0 Å². The van der Waals surface area contributed by atoms with Crippen molar-refractivity contribution in [3.63, 3.8) is 0 Å². The highest BCUT2D eigenvalue weighted by atomic mass is 15.3. The fraction of sp³-hybridized carbons (Fsp3) is 0.643. The summed E-state index contributed by atoms with van der Waals surface area (Å²) in [7, 11) is 0. The van der Waals surface area contributed by atoms with Gasteiger partial charge in [0.15, 0.2) is 0 Å². The molecule has 1 aromatic rings. The molecule has 2 fully saturated rings. The first kappa shape index (κ1) is 11.8. The molecule has 18 heavy (non-hydrogen) atoms. The number of aromatic nitrogens is 1. The van der Waals surface area contributed by atoms with Crippen LogP contribution in [0, 0.1) is 0 Å². The zero-order valence-electron chi connectivity index (χ0n) is 10.9. The van der Waals surface area contributed by atoms with E-state index in [4.69, 9.17) is 5.73 Å². The first-order valence-corrected chi connectivity index (χ1v) is 7.04. The molecule has 0 unspecified atom stereocenters. The van der Waals surface area contributed by atoms with Crippen molar-refractivity contribution >= 4 is 11.5 Å². The van der Waals surface area contributed by atoms with Crippen LogP contribution in [-0.4, -0.2) is 42.1 Å². The minimum Gasteiger partial charge on any atom is -0.382 e. The third kappa shape index (κ3) is 2.29. The van der Waals surface area contributed by atoms with Gasteiger partial charge in [0.25, 0.3) is 0 Å². The summed E-state index contributed by atoms with van der Waals surface area (Å²) < 4.78 is 0. The lowest BCUT2D eigenvalue weighted by Gasteiger charge is -2.39. The Balaban J connectivity index is 1.61. The van der Waals surface area contributed by atoms with Crippen molar-refractivity contribution in [1.29, 1.82) is 0 Å². The fourth-order valence-electron chi connectivity index (χ4n) is 3.27. The summed E-state index contributed by atoms with van der Waals surface area (Å²) >= 11 is 0. The van der Waals surface area contributed by atoms with Crippen molar-refractivity contribution < 1.29 is 0 Å². The number of hydrogen-bond donors (Lipinski definition) is 1. The van der Waals surface area contributed by atoms with E-state index in [1.807, 2.05) is 6.07 Å². The van der Waals surface area contributed by atoms with Crippen LogP contribution >= 0.6 is 0 Å². The summed E-state index contributed by atoms with van der Waals surface area (Å²) in [6, 6.07) is 4.89. The molecule has 2 heterocycles. The van der Waals surface area contributed by atoms with Crippen molar-refractivity contribution in [3.05, 3.63) is 18.3 Å². The SMILES string of the molecule is Nc1ncccc1N1CCN(C2CCCC2)CC1. The highest BCUT2D eigenvalue weighted by Gasteiger charge is 2.26. The van der Waals surface area contributed by atoms with E-state index in [9.17, 15) is 0 Å². The summed E-state index contributed by atoms with van der Waals surface area (Å²) in [5, 5.41) is 0. The van der Waals surface area contributed by atoms with E-state index in [1.165, 1.54) is 38.8 Å². The Morgan fingerprint density at radius 2 is 1.83 bits per heavy atom. The molecule has 4 heteroatoms. The number of nitrogen functional groups attached to an aromatic ring is 1. The maximum absolute atomic E-state index is 5.94. The van der Waals surface area contributed by atoms with Gasteiger partial charge in [0.2, 0.25) is 0 Å². The Bertz CT molecular complexity index is 393. The molecule has 0 bridgehead atoms. The van der Waals surface area contributed by atoms with E-state index < -0.39 is 0 Å². The Kier molecular flexibility index (Phi) is 3.37. The predicted molar refractivity (Wildman–Crippen MR) is 74.7 cm³/mol. The van der Waals surface area contributed by atoms with Crippen molar-refractivity contribution in [2.24, 2.45) is 0 Å². The molecule has 1 aliphatic carbocycles. The second-order valence-corrected chi connectivity index (χ2v) is 5.37. The number of pyridine rings is 1. The Morgan fingerprint density at radius 3 is 2.50 bits per heavy atom. The molecule has 3 rings (SSSR count). The molecule has 1 aromatic heterocycles. The first-order valence-electron chi connectivity index (χ1n) is 7.04. The Labute approximate surface area is 109 Å². The summed E-state index contributed by atoms with van der Waals surface area (Å²) in [6.07, 6.45) is 7.39. The van der Waals surface area contributed by atoms with Gasteiger partial charge in [-0.1, -0.05) is 12.8 Å². The van der Waals surface area contributed by atoms with E-state index in [0.29, 0.717) is 5.82 Å². The normalized spacial score (nSPS) is 22.6. The van der Waals surface area contributed by atoms with Gasteiger partial charge in [0, 0.05) is 38.4 Å². The van der Waals surface area contributed by atoms with Crippen LogP contribution < -0.4 is 10.6 Å². The molecule has 0 atom stereocenters. The van der Waals surface area contributed by atoms with E-state index in [0.717, 1.165) is 24.8 Å². The van der Waals surface area contributed by atoms with Gasteiger partial charge in [-0.15, -0.1) is 0 Å². The van der Waals surface area contributed by atoms with Gasteiger partial charge in [-0.3, -0.25) is 4.90 Å². The van der Waals surface area contributed by atoms with Gasteiger partial charge in [-0.05, 0) is 25.0 Å². The van der Waals surface area contributed by atoms with E-state index in [1.54, 1.807) is 6.20 Å². The molecule has 1 saturated carbocycles. The maximum atomic E-state index is 5.94. The van der Waals surface area contributed by atoms with E-state index >= 15 is 0 Å². The highest BCUT2D eigenvalue weighted by Crippen LogP contribution is 2.26. The largest absolute Gasteiger partial charge is 0.382 e. The second kappa shape index (κ2) is 5.14. The van der Waals surface area contributed by atoms with Crippen LogP contribution in [0.1, 0.15) is 25.7 Å². The highest BCUT2D eigenvalue weighted by molar-refractivity contribution is 5.63. The smallest absolute Gasteiger partial charge is 0.146 e. The molecule has 0 aromatic carbocycles. The van der Waals surface area contributed by atoms with Gasteiger partial charge in [-0.2, -0.15) is 0 Å². The maximum Gasteiger partial charge on any atom is 0.146 e. The van der Waals surface area contributed by atoms with Gasteiger partial charge >= 0.3 is 0 Å². The number of anilines is 2. The third-order valence-corrected chi connectivity index (χ3v) is 4.31. The molecular formula is C14H22N4. The minimum absolute atomic E-state index is 0.659. The van der Waals surface area contributed by atoms with Gasteiger partial charge in [-0.25, -0.2) is 4.98 Å². The molecule has 2 aliphatic rings. The van der Waals surface area contributed by atoms with Crippen LogP contribution in [0.4, 0.5) is 11.5 Å². The van der Waals surface area contributed by atoms with Crippen molar-refractivity contribution in [2.45, 2.75) is 31.7 Å². The zero-order valence-corrected chi connectivity index (χ0v) is 10.9. The molecule has 0 amide bonds. The lowest BCUT2D eigenvalue weighted by molar-refractivity contribution is 0.187. The number of piperazine rings is 1. The van der Waals surface area contributed by atoms with Crippen LogP contribution in [0.15, 0.2) is 18.3 Å². The van der Waals surface area contributed by atoms with E-state index in [2.05, 4.69) is 20.9 Å². The molecule has 98 valence electrons. The third-order valence-electron chi connectivity index (χ3n) is 4.31. The summed E-state index contributed by atoms with van der Waals surface area (Å²) in [5.74, 6) is 0.659. The number of hydrogen-bond acceptors (Lipinski definition) is 4. The van der Waals surface area contributed by atoms with Crippen LogP contribution in [0.25, 0.3) is 0 Å². The van der Waals surface area contributed by atoms with Crippen LogP contribution in [0.3, 0.4) is 0 Å². The van der Waals surface area contributed by atoms with Crippen LogP contribution in [0.2, 0.25) is 0 Å². The molecule has 0 radical (unpaired) electrons.